The molecule has 1 N–H and O–H groups in total. The van der Waals surface area contributed by atoms with Crippen LogP contribution in [0.25, 0.3) is 10.9 Å². The van der Waals surface area contributed by atoms with Gasteiger partial charge in [0.1, 0.15) is 18.8 Å². The molecule has 0 aliphatic heterocycles. The van der Waals surface area contributed by atoms with Gasteiger partial charge >= 0.3 is 5.69 Å². The minimum absolute atomic E-state index is 0.00373. The first kappa shape index (κ1) is 23.1. The van der Waals surface area contributed by atoms with E-state index in [2.05, 4.69) is 20.0 Å². The predicted molar refractivity (Wildman–Crippen MR) is 121 cm³/mol. The molecule has 0 saturated heterocycles. The molecular weight excluding hydrogens is 481 g/mol. The van der Waals surface area contributed by atoms with E-state index < -0.39 is 33.5 Å². The van der Waals surface area contributed by atoms with Gasteiger partial charge in [-0.25, -0.2) is 27.3 Å². The number of alkyl halides is 1. The highest BCUT2D eigenvalue weighted by molar-refractivity contribution is 7.89. The monoisotopic (exact) mass is 503 g/mol. The molecule has 4 aromatic rings. The molecule has 12 nitrogen and oxygen atoms in total. The molecule has 1 aliphatic rings. The number of sulfonamides is 1. The van der Waals surface area contributed by atoms with Crippen molar-refractivity contribution >= 4 is 20.9 Å². The summed E-state index contributed by atoms with van der Waals surface area (Å²) in [5.74, 6) is 0.737. The third kappa shape index (κ3) is 4.18. The Labute approximate surface area is 198 Å². The van der Waals surface area contributed by atoms with Gasteiger partial charge in [0.2, 0.25) is 10.0 Å². The molecule has 1 aliphatic carbocycles. The Morgan fingerprint density at radius 3 is 2.54 bits per heavy atom. The van der Waals surface area contributed by atoms with Crippen molar-refractivity contribution in [1.29, 1.82) is 0 Å². The molecule has 1 aromatic carbocycles. The van der Waals surface area contributed by atoms with E-state index >= 15 is 0 Å². The van der Waals surface area contributed by atoms with Gasteiger partial charge in [-0.15, -0.1) is 0 Å². The first-order chi connectivity index (χ1) is 16.6. The first-order valence-electron chi connectivity index (χ1n) is 10.7. The van der Waals surface area contributed by atoms with Crippen LogP contribution in [-0.4, -0.2) is 49.7 Å². The van der Waals surface area contributed by atoms with E-state index in [1.54, 1.807) is 20.0 Å². The maximum absolute atomic E-state index is 13.4. The SMILES string of the molecule is Cc1cc(Cn2c(=O)c3cc(S(=O)(=O)NC4(CF)CC4)ccc3n(Cc3ncnn3C)c2=O)on1. The van der Waals surface area contributed by atoms with Crippen LogP contribution >= 0.6 is 0 Å². The van der Waals surface area contributed by atoms with Gasteiger partial charge in [0.15, 0.2) is 5.76 Å². The van der Waals surface area contributed by atoms with Crippen LogP contribution in [0.3, 0.4) is 0 Å². The van der Waals surface area contributed by atoms with Gasteiger partial charge in [-0.2, -0.15) is 5.10 Å². The van der Waals surface area contributed by atoms with Gasteiger partial charge in [-0.1, -0.05) is 5.16 Å². The van der Waals surface area contributed by atoms with Gasteiger partial charge < -0.3 is 4.52 Å². The zero-order valence-electron chi connectivity index (χ0n) is 18.9. The molecule has 3 heterocycles. The summed E-state index contributed by atoms with van der Waals surface area (Å²) in [5.41, 5.74) is -1.63. The third-order valence-corrected chi connectivity index (χ3v) is 7.64. The summed E-state index contributed by atoms with van der Waals surface area (Å²) >= 11 is 0. The van der Waals surface area contributed by atoms with Crippen LogP contribution in [-0.2, 0) is 30.2 Å². The molecule has 0 amide bonds. The summed E-state index contributed by atoms with van der Waals surface area (Å²) in [6.45, 7) is 0.668. The normalized spacial score (nSPS) is 15.1. The molecule has 0 bridgehead atoms. The number of rotatable bonds is 8. The van der Waals surface area contributed by atoms with E-state index in [4.69, 9.17) is 4.52 Å². The number of aryl methyl sites for hydroxylation is 2. The van der Waals surface area contributed by atoms with Crippen LogP contribution in [0.15, 0.2) is 49.6 Å². The Morgan fingerprint density at radius 2 is 1.94 bits per heavy atom. The quantitative estimate of drug-likeness (QED) is 0.365. The predicted octanol–water partition coefficient (Wildman–Crippen LogP) is 0.465. The zero-order chi connectivity index (χ0) is 25.0. The number of nitrogens with one attached hydrogen (secondary N) is 1. The van der Waals surface area contributed by atoms with E-state index in [1.807, 2.05) is 0 Å². The van der Waals surface area contributed by atoms with Crippen molar-refractivity contribution in [2.75, 3.05) is 6.67 Å². The van der Waals surface area contributed by atoms with Gasteiger partial charge in [0.25, 0.3) is 5.56 Å². The molecular formula is C21H22FN7O5S. The number of benzene rings is 1. The summed E-state index contributed by atoms with van der Waals surface area (Å²) in [5, 5.41) is 7.79. The van der Waals surface area contributed by atoms with E-state index in [1.165, 1.54) is 33.8 Å². The Balaban J connectivity index is 1.69. The van der Waals surface area contributed by atoms with Crippen molar-refractivity contribution in [3.05, 3.63) is 68.7 Å². The van der Waals surface area contributed by atoms with Crippen molar-refractivity contribution in [1.82, 2.24) is 33.8 Å². The topological polar surface area (TPSA) is 147 Å². The molecule has 0 radical (unpaired) electrons. The Kier molecular flexibility index (Phi) is 5.44. The van der Waals surface area contributed by atoms with E-state index in [-0.39, 0.29) is 34.6 Å². The molecule has 5 rings (SSSR count). The molecule has 0 atom stereocenters. The average Bonchev–Trinajstić information content (AvgIpc) is 3.27. The molecule has 14 heteroatoms. The lowest BCUT2D eigenvalue weighted by atomic mass is 10.2. The average molecular weight is 504 g/mol. The number of halogens is 1. The standard InChI is InChI=1S/C21H22FN7O5S/c1-13-7-14(34-25-13)9-29-19(30)16-8-15(35(32,33)26-21(11-22)5-6-21)3-4-17(16)28(20(29)31)10-18-23-12-24-27(18)2/h3-4,7-8,12,26H,5-6,9-11H2,1-2H3. The van der Waals surface area contributed by atoms with Gasteiger partial charge in [0, 0.05) is 13.1 Å². The highest BCUT2D eigenvalue weighted by Gasteiger charge is 2.46. The van der Waals surface area contributed by atoms with Crippen molar-refractivity contribution in [2.24, 2.45) is 7.05 Å². The van der Waals surface area contributed by atoms with Crippen LogP contribution in [0.1, 0.15) is 30.1 Å². The van der Waals surface area contributed by atoms with E-state index in [9.17, 15) is 22.4 Å². The van der Waals surface area contributed by atoms with Crippen molar-refractivity contribution in [3.63, 3.8) is 0 Å². The molecule has 35 heavy (non-hydrogen) atoms. The first-order valence-corrected chi connectivity index (χ1v) is 12.2. The third-order valence-electron chi connectivity index (χ3n) is 6.06. The zero-order valence-corrected chi connectivity index (χ0v) is 19.7. The summed E-state index contributed by atoms with van der Waals surface area (Å²) in [6.07, 6.45) is 2.14. The van der Waals surface area contributed by atoms with Crippen molar-refractivity contribution < 1.29 is 17.3 Å². The van der Waals surface area contributed by atoms with Crippen molar-refractivity contribution in [3.8, 4) is 0 Å². The smallest absolute Gasteiger partial charge is 0.332 e. The Morgan fingerprint density at radius 1 is 1.17 bits per heavy atom. The van der Waals surface area contributed by atoms with Crippen molar-refractivity contribution in [2.45, 2.75) is 43.3 Å². The highest BCUT2D eigenvalue weighted by Crippen LogP contribution is 2.37. The lowest BCUT2D eigenvalue weighted by molar-refractivity contribution is 0.368. The fourth-order valence-electron chi connectivity index (χ4n) is 3.87. The second-order valence-corrected chi connectivity index (χ2v) is 10.4. The molecule has 184 valence electrons. The van der Waals surface area contributed by atoms with Gasteiger partial charge in [0.05, 0.1) is 40.1 Å². The van der Waals surface area contributed by atoms with Crippen LogP contribution in [0, 0.1) is 6.92 Å². The summed E-state index contributed by atoms with van der Waals surface area (Å²) < 4.78 is 50.5. The lowest BCUT2D eigenvalue weighted by Gasteiger charge is -2.16. The second kappa shape index (κ2) is 8.23. The van der Waals surface area contributed by atoms with Crippen LogP contribution in [0.4, 0.5) is 4.39 Å². The lowest BCUT2D eigenvalue weighted by Crippen LogP contribution is -2.41. The Bertz CT molecular complexity index is 1660. The molecule has 0 unspecified atom stereocenters. The molecule has 1 saturated carbocycles. The molecule has 1 fully saturated rings. The largest absolute Gasteiger partial charge is 0.359 e. The maximum atomic E-state index is 13.4. The van der Waals surface area contributed by atoms with Crippen LogP contribution < -0.4 is 16.0 Å². The summed E-state index contributed by atoms with van der Waals surface area (Å²) in [4.78, 5) is 30.7. The molecule has 0 spiro atoms. The fraction of sp³-hybridized carbons (Fsp3) is 0.381. The van der Waals surface area contributed by atoms with Crippen LogP contribution in [0.5, 0.6) is 0 Å². The highest BCUT2D eigenvalue weighted by atomic mass is 32.2. The molecule has 3 aromatic heterocycles. The fourth-order valence-corrected chi connectivity index (χ4v) is 5.34. The number of hydrogen-bond donors (Lipinski definition) is 1. The summed E-state index contributed by atoms with van der Waals surface area (Å²) in [7, 11) is -2.44. The minimum atomic E-state index is -4.10. The Hall–Kier alpha value is -3.65. The second-order valence-electron chi connectivity index (χ2n) is 8.69. The number of nitrogens with zero attached hydrogens (tertiary/aromatic N) is 6. The van der Waals surface area contributed by atoms with Crippen LogP contribution in [0.2, 0.25) is 0 Å². The number of aromatic nitrogens is 6. The summed E-state index contributed by atoms with van der Waals surface area (Å²) in [6, 6.07) is 5.47. The minimum Gasteiger partial charge on any atom is -0.359 e. The van der Waals surface area contributed by atoms with Gasteiger partial charge in [-0.3, -0.25) is 18.6 Å². The maximum Gasteiger partial charge on any atom is 0.332 e. The van der Waals surface area contributed by atoms with E-state index in [0.717, 1.165) is 4.57 Å². The van der Waals surface area contributed by atoms with E-state index in [0.29, 0.717) is 24.4 Å². The number of hydrogen-bond acceptors (Lipinski definition) is 8. The van der Waals surface area contributed by atoms with Gasteiger partial charge in [-0.05, 0) is 38.0 Å². The number of fused-ring (bicyclic) bond motifs is 1.